The van der Waals surface area contributed by atoms with Gasteiger partial charge in [-0.3, -0.25) is 4.79 Å². The zero-order chi connectivity index (χ0) is 11.5. The minimum absolute atomic E-state index is 0.0415. The predicted molar refractivity (Wildman–Crippen MR) is 58.5 cm³/mol. The third-order valence-electron chi connectivity index (χ3n) is 3.04. The Bertz CT molecular complexity index is 348. The molecule has 0 aromatic heterocycles. The Morgan fingerprint density at radius 3 is 2.69 bits per heavy atom. The van der Waals surface area contributed by atoms with Crippen molar-refractivity contribution in [3.05, 3.63) is 0 Å². The molecule has 1 unspecified atom stereocenters. The Morgan fingerprint density at radius 1 is 1.38 bits per heavy atom. The van der Waals surface area contributed by atoms with Crippen LogP contribution in [0.5, 0.6) is 0 Å². The molecule has 5 heteroatoms. The molecule has 0 bridgehead atoms. The van der Waals surface area contributed by atoms with Gasteiger partial charge in [0.25, 0.3) is 0 Å². The highest BCUT2D eigenvalue weighted by Crippen LogP contribution is 2.16. The number of likely N-dealkylation sites (tertiary alicyclic amines) is 1. The monoisotopic (exact) mass is 221 g/mol. The van der Waals surface area contributed by atoms with Crippen molar-refractivity contribution in [2.24, 2.45) is 5.92 Å². The van der Waals surface area contributed by atoms with E-state index in [1.807, 2.05) is 0 Å². The molecule has 2 saturated heterocycles. The number of rotatable bonds is 3. The Morgan fingerprint density at radius 2 is 2.12 bits per heavy atom. The van der Waals surface area contributed by atoms with E-state index in [1.54, 1.807) is 9.80 Å². The van der Waals surface area contributed by atoms with Gasteiger partial charge in [0.1, 0.15) is 0 Å². The quantitative estimate of drug-likeness (QED) is 0.653. The van der Waals surface area contributed by atoms with E-state index in [-0.39, 0.29) is 17.9 Å². The molecule has 0 saturated carbocycles. The Labute approximate surface area is 94.8 Å². The zero-order valence-electron chi connectivity index (χ0n) is 9.11. The number of nitrogens with zero attached hydrogens (tertiary/aromatic N) is 2. The van der Waals surface area contributed by atoms with Gasteiger partial charge in [-0.25, -0.2) is 4.79 Å². The number of carbonyl (C=O) groups is 2. The maximum absolute atomic E-state index is 11.5. The zero-order valence-corrected chi connectivity index (χ0v) is 9.11. The third kappa shape index (κ3) is 2.11. The van der Waals surface area contributed by atoms with Gasteiger partial charge >= 0.3 is 6.03 Å². The van der Waals surface area contributed by atoms with E-state index in [1.165, 1.54) is 0 Å². The molecule has 2 heterocycles. The lowest BCUT2D eigenvalue weighted by Gasteiger charge is -2.20. The van der Waals surface area contributed by atoms with Gasteiger partial charge < -0.3 is 15.1 Å². The van der Waals surface area contributed by atoms with Crippen LogP contribution in [0.3, 0.4) is 0 Å². The van der Waals surface area contributed by atoms with Crippen LogP contribution in [0.25, 0.3) is 0 Å². The van der Waals surface area contributed by atoms with Crippen molar-refractivity contribution in [1.29, 1.82) is 0 Å². The molecular weight excluding hydrogens is 206 g/mol. The molecular formula is C11H15N3O2. The van der Waals surface area contributed by atoms with Gasteiger partial charge in [-0.05, 0) is 0 Å². The molecule has 0 radical (unpaired) electrons. The Balaban J connectivity index is 1.80. The first kappa shape index (κ1) is 10.8. The van der Waals surface area contributed by atoms with Crippen LogP contribution in [0.2, 0.25) is 0 Å². The molecule has 2 aliphatic rings. The molecule has 3 amide bonds. The topological polar surface area (TPSA) is 52.7 Å². The van der Waals surface area contributed by atoms with Crippen LogP contribution in [0.4, 0.5) is 4.79 Å². The van der Waals surface area contributed by atoms with E-state index in [0.29, 0.717) is 32.6 Å². The van der Waals surface area contributed by atoms with Crippen molar-refractivity contribution < 1.29 is 9.59 Å². The van der Waals surface area contributed by atoms with Gasteiger partial charge in [0.2, 0.25) is 5.91 Å². The lowest BCUT2D eigenvalue weighted by atomic mass is 10.1. The molecule has 86 valence electrons. The summed E-state index contributed by atoms with van der Waals surface area (Å²) in [7, 11) is 0. The summed E-state index contributed by atoms with van der Waals surface area (Å²) in [6, 6.07) is -0.0415. The second-order valence-electron chi connectivity index (χ2n) is 4.13. The predicted octanol–water partition coefficient (Wildman–Crippen LogP) is -0.507. The van der Waals surface area contributed by atoms with Crippen molar-refractivity contribution in [3.63, 3.8) is 0 Å². The molecule has 2 aliphatic heterocycles. The largest absolute Gasteiger partial charge is 0.340 e. The number of amides is 3. The minimum atomic E-state index is -0.0415. The molecule has 1 atom stereocenters. The highest BCUT2D eigenvalue weighted by molar-refractivity contribution is 5.79. The number of terminal acetylenes is 1. The Kier molecular flexibility index (Phi) is 3.00. The van der Waals surface area contributed by atoms with Gasteiger partial charge in [0.15, 0.2) is 0 Å². The molecule has 0 aliphatic carbocycles. The molecule has 2 rings (SSSR count). The smallest absolute Gasteiger partial charge is 0.317 e. The second kappa shape index (κ2) is 4.44. The highest BCUT2D eigenvalue weighted by Gasteiger charge is 2.29. The summed E-state index contributed by atoms with van der Waals surface area (Å²) < 4.78 is 0. The van der Waals surface area contributed by atoms with Crippen LogP contribution >= 0.6 is 0 Å². The normalized spacial score (nSPS) is 24.8. The average Bonchev–Trinajstić information content (AvgIpc) is 2.82. The average molecular weight is 221 g/mol. The van der Waals surface area contributed by atoms with Crippen molar-refractivity contribution in [1.82, 2.24) is 15.1 Å². The van der Waals surface area contributed by atoms with Crippen LogP contribution in [-0.2, 0) is 4.79 Å². The first-order valence-electron chi connectivity index (χ1n) is 5.47. The SMILES string of the molecule is C#CC1CC(=O)N(CCN2CCNC2=O)C1. The molecule has 5 nitrogen and oxygen atoms in total. The van der Waals surface area contributed by atoms with E-state index < -0.39 is 0 Å². The van der Waals surface area contributed by atoms with Crippen molar-refractivity contribution >= 4 is 11.9 Å². The molecule has 2 fully saturated rings. The van der Waals surface area contributed by atoms with Crippen LogP contribution in [0.15, 0.2) is 0 Å². The summed E-state index contributed by atoms with van der Waals surface area (Å²) in [6.07, 6.45) is 5.74. The van der Waals surface area contributed by atoms with Crippen LogP contribution < -0.4 is 5.32 Å². The van der Waals surface area contributed by atoms with Crippen LogP contribution in [-0.4, -0.2) is 54.5 Å². The summed E-state index contributed by atoms with van der Waals surface area (Å²) in [6.45, 7) is 3.23. The van der Waals surface area contributed by atoms with Crippen LogP contribution in [0, 0.1) is 18.3 Å². The van der Waals surface area contributed by atoms with E-state index >= 15 is 0 Å². The molecule has 16 heavy (non-hydrogen) atoms. The van der Waals surface area contributed by atoms with E-state index in [2.05, 4.69) is 11.2 Å². The Hall–Kier alpha value is -1.70. The van der Waals surface area contributed by atoms with E-state index in [4.69, 9.17) is 6.42 Å². The summed E-state index contributed by atoms with van der Waals surface area (Å²) in [4.78, 5) is 26.3. The fourth-order valence-corrected chi connectivity index (χ4v) is 2.07. The van der Waals surface area contributed by atoms with Gasteiger partial charge in [0.05, 0.1) is 0 Å². The number of urea groups is 1. The third-order valence-corrected chi connectivity index (χ3v) is 3.04. The number of hydrogen-bond acceptors (Lipinski definition) is 2. The maximum atomic E-state index is 11.5. The number of nitrogens with one attached hydrogen (secondary N) is 1. The summed E-state index contributed by atoms with van der Waals surface area (Å²) >= 11 is 0. The van der Waals surface area contributed by atoms with E-state index in [9.17, 15) is 9.59 Å². The van der Waals surface area contributed by atoms with Gasteiger partial charge in [-0.2, -0.15) is 0 Å². The van der Waals surface area contributed by atoms with Gasteiger partial charge in [0, 0.05) is 45.1 Å². The minimum Gasteiger partial charge on any atom is -0.340 e. The molecule has 0 aromatic rings. The molecule has 1 N–H and O–H groups in total. The fraction of sp³-hybridized carbons (Fsp3) is 0.636. The first-order chi connectivity index (χ1) is 7.70. The summed E-state index contributed by atoms with van der Waals surface area (Å²) in [5.41, 5.74) is 0. The fourth-order valence-electron chi connectivity index (χ4n) is 2.07. The lowest BCUT2D eigenvalue weighted by molar-refractivity contribution is -0.127. The molecule has 0 aromatic carbocycles. The second-order valence-corrected chi connectivity index (χ2v) is 4.13. The maximum Gasteiger partial charge on any atom is 0.317 e. The number of carbonyl (C=O) groups excluding carboxylic acids is 2. The van der Waals surface area contributed by atoms with E-state index in [0.717, 1.165) is 6.54 Å². The first-order valence-corrected chi connectivity index (χ1v) is 5.47. The van der Waals surface area contributed by atoms with Crippen molar-refractivity contribution in [2.75, 3.05) is 32.7 Å². The van der Waals surface area contributed by atoms with Crippen molar-refractivity contribution in [3.8, 4) is 12.3 Å². The summed E-state index contributed by atoms with van der Waals surface area (Å²) in [5, 5.41) is 2.73. The van der Waals surface area contributed by atoms with Gasteiger partial charge in [-0.15, -0.1) is 12.3 Å². The van der Waals surface area contributed by atoms with Crippen molar-refractivity contribution in [2.45, 2.75) is 6.42 Å². The summed E-state index contributed by atoms with van der Waals surface area (Å²) in [5.74, 6) is 2.75. The lowest BCUT2D eigenvalue weighted by Crippen LogP contribution is -2.37. The standard InChI is InChI=1S/C11H15N3O2/c1-2-9-7-10(15)14(8-9)6-5-13-4-3-12-11(13)16/h1,9H,3-8H2,(H,12,16). The number of hydrogen-bond donors (Lipinski definition) is 1. The van der Waals surface area contributed by atoms with Gasteiger partial charge in [-0.1, -0.05) is 0 Å². The molecule has 0 spiro atoms. The highest BCUT2D eigenvalue weighted by atomic mass is 16.2. The van der Waals surface area contributed by atoms with Crippen LogP contribution in [0.1, 0.15) is 6.42 Å².